The van der Waals surface area contributed by atoms with Gasteiger partial charge in [0.1, 0.15) is 0 Å². The van der Waals surface area contributed by atoms with Gasteiger partial charge in [0.25, 0.3) is 0 Å². The van der Waals surface area contributed by atoms with Gasteiger partial charge >= 0.3 is 0 Å². The van der Waals surface area contributed by atoms with Crippen LogP contribution in [-0.2, 0) is 0 Å². The second-order valence-corrected chi connectivity index (χ2v) is 3.77. The molecule has 0 aliphatic rings. The number of nitrogens with zero attached hydrogens (tertiary/aromatic N) is 1. The normalized spacial score (nSPS) is 10.6. The molecule has 0 saturated heterocycles. The van der Waals surface area contributed by atoms with Crippen LogP contribution in [0.15, 0.2) is 24.3 Å². The summed E-state index contributed by atoms with van der Waals surface area (Å²) in [5.74, 6) is 0. The molecule has 1 rings (SSSR count). The van der Waals surface area contributed by atoms with Crippen LogP contribution < -0.4 is 5.32 Å². The van der Waals surface area contributed by atoms with Gasteiger partial charge in [-0.05, 0) is 37.9 Å². The van der Waals surface area contributed by atoms with E-state index in [1.165, 1.54) is 0 Å². The summed E-state index contributed by atoms with van der Waals surface area (Å²) in [5.41, 5.74) is 1.12. The number of hydrogen-bond donors (Lipinski definition) is 1. The van der Waals surface area contributed by atoms with Crippen molar-refractivity contribution in [2.45, 2.75) is 6.92 Å². The van der Waals surface area contributed by atoms with Crippen molar-refractivity contribution in [2.24, 2.45) is 0 Å². The predicted octanol–water partition coefficient (Wildman–Crippen LogP) is 2.70. The molecule has 0 radical (unpaired) electrons. The molecule has 0 heterocycles. The molecule has 78 valence electrons. The van der Waals surface area contributed by atoms with Crippen LogP contribution in [0, 0.1) is 0 Å². The van der Waals surface area contributed by atoms with Crippen molar-refractivity contribution in [1.29, 1.82) is 0 Å². The fourth-order valence-electron chi connectivity index (χ4n) is 1.12. The smallest absolute Gasteiger partial charge is 0.0407 e. The van der Waals surface area contributed by atoms with Crippen molar-refractivity contribution in [3.8, 4) is 0 Å². The van der Waals surface area contributed by atoms with E-state index in [2.05, 4.69) is 24.2 Å². The summed E-state index contributed by atoms with van der Waals surface area (Å²) in [6.07, 6.45) is 0. The molecule has 0 aliphatic heterocycles. The van der Waals surface area contributed by atoms with Gasteiger partial charge < -0.3 is 10.2 Å². The Hall–Kier alpha value is -0.730. The summed E-state index contributed by atoms with van der Waals surface area (Å²) in [6, 6.07) is 7.78. The highest BCUT2D eigenvalue weighted by Crippen LogP contribution is 2.12. The van der Waals surface area contributed by atoms with Crippen molar-refractivity contribution in [3.05, 3.63) is 29.3 Å². The molecule has 1 aromatic carbocycles. The minimum absolute atomic E-state index is 0.779. The van der Waals surface area contributed by atoms with Crippen molar-refractivity contribution >= 4 is 17.3 Å². The monoisotopic (exact) mass is 212 g/mol. The number of anilines is 1. The van der Waals surface area contributed by atoms with Crippen molar-refractivity contribution in [1.82, 2.24) is 4.90 Å². The lowest BCUT2D eigenvalue weighted by atomic mass is 10.3. The van der Waals surface area contributed by atoms with E-state index in [1.807, 2.05) is 24.3 Å². The molecule has 0 spiro atoms. The minimum atomic E-state index is 0.779. The highest BCUT2D eigenvalue weighted by Gasteiger charge is 1.94. The Balaban J connectivity index is 2.28. The standard InChI is InChI=1S/C11H17ClN2/c1-3-14(2)9-8-13-11-6-4-10(12)5-7-11/h4-7,13H,3,8-9H2,1-2H3. The van der Waals surface area contributed by atoms with Gasteiger partial charge in [0, 0.05) is 23.8 Å². The average Bonchev–Trinajstić information content (AvgIpc) is 2.21. The van der Waals surface area contributed by atoms with Crippen molar-refractivity contribution in [3.63, 3.8) is 0 Å². The Labute approximate surface area is 90.9 Å². The fraction of sp³-hybridized carbons (Fsp3) is 0.455. The largest absolute Gasteiger partial charge is 0.384 e. The molecule has 0 aromatic heterocycles. The molecule has 0 aliphatic carbocycles. The molecule has 0 atom stereocenters. The van der Waals surface area contributed by atoms with E-state index >= 15 is 0 Å². The van der Waals surface area contributed by atoms with E-state index in [-0.39, 0.29) is 0 Å². The Bertz CT molecular complexity index is 258. The van der Waals surface area contributed by atoms with Gasteiger partial charge in [-0.25, -0.2) is 0 Å². The SMILES string of the molecule is CCN(C)CCNc1ccc(Cl)cc1. The lowest BCUT2D eigenvalue weighted by molar-refractivity contribution is 0.367. The zero-order valence-corrected chi connectivity index (χ0v) is 9.51. The first-order chi connectivity index (χ1) is 6.72. The number of rotatable bonds is 5. The van der Waals surface area contributed by atoms with E-state index in [0.29, 0.717) is 0 Å². The molecule has 1 N–H and O–H groups in total. The van der Waals surface area contributed by atoms with Gasteiger partial charge in [0.05, 0.1) is 0 Å². The van der Waals surface area contributed by atoms with Crippen LogP contribution in [0.25, 0.3) is 0 Å². The molecule has 0 amide bonds. The van der Waals surface area contributed by atoms with Crippen LogP contribution in [0.3, 0.4) is 0 Å². The maximum Gasteiger partial charge on any atom is 0.0407 e. The molecule has 1 aromatic rings. The maximum absolute atomic E-state index is 5.78. The Kier molecular flexibility index (Phi) is 4.77. The Morgan fingerprint density at radius 2 is 1.93 bits per heavy atom. The first kappa shape index (κ1) is 11.3. The number of nitrogens with one attached hydrogen (secondary N) is 1. The molecule has 0 saturated carbocycles. The topological polar surface area (TPSA) is 15.3 Å². The van der Waals surface area contributed by atoms with E-state index < -0.39 is 0 Å². The van der Waals surface area contributed by atoms with Crippen LogP contribution in [0.1, 0.15) is 6.92 Å². The van der Waals surface area contributed by atoms with Gasteiger partial charge in [0.2, 0.25) is 0 Å². The van der Waals surface area contributed by atoms with Crippen LogP contribution in [-0.4, -0.2) is 31.6 Å². The summed E-state index contributed by atoms with van der Waals surface area (Å²) in [7, 11) is 2.11. The van der Waals surface area contributed by atoms with Gasteiger partial charge in [-0.1, -0.05) is 18.5 Å². The van der Waals surface area contributed by atoms with E-state index in [4.69, 9.17) is 11.6 Å². The Morgan fingerprint density at radius 1 is 1.29 bits per heavy atom. The molecular weight excluding hydrogens is 196 g/mol. The molecule has 3 heteroatoms. The van der Waals surface area contributed by atoms with Crippen LogP contribution in [0.2, 0.25) is 5.02 Å². The van der Waals surface area contributed by atoms with E-state index in [1.54, 1.807) is 0 Å². The summed E-state index contributed by atoms with van der Waals surface area (Å²) < 4.78 is 0. The molecule has 2 nitrogen and oxygen atoms in total. The molecular formula is C11H17ClN2. The summed E-state index contributed by atoms with van der Waals surface area (Å²) >= 11 is 5.78. The second kappa shape index (κ2) is 5.89. The number of likely N-dealkylation sites (N-methyl/N-ethyl adjacent to an activating group) is 1. The predicted molar refractivity (Wildman–Crippen MR) is 63.1 cm³/mol. The van der Waals surface area contributed by atoms with Crippen LogP contribution >= 0.6 is 11.6 Å². The Morgan fingerprint density at radius 3 is 2.50 bits per heavy atom. The molecule has 0 unspecified atom stereocenters. The fourth-order valence-corrected chi connectivity index (χ4v) is 1.24. The number of hydrogen-bond acceptors (Lipinski definition) is 2. The quantitative estimate of drug-likeness (QED) is 0.808. The zero-order valence-electron chi connectivity index (χ0n) is 8.76. The number of benzene rings is 1. The lowest BCUT2D eigenvalue weighted by Crippen LogP contribution is -2.24. The molecule has 0 fully saturated rings. The summed E-state index contributed by atoms with van der Waals surface area (Å²) in [6.45, 7) is 5.26. The first-order valence-corrected chi connectivity index (χ1v) is 5.28. The highest BCUT2D eigenvalue weighted by molar-refractivity contribution is 6.30. The third-order valence-electron chi connectivity index (χ3n) is 2.21. The van der Waals surface area contributed by atoms with E-state index in [9.17, 15) is 0 Å². The highest BCUT2D eigenvalue weighted by atomic mass is 35.5. The summed E-state index contributed by atoms with van der Waals surface area (Å²) in [4.78, 5) is 2.27. The van der Waals surface area contributed by atoms with Crippen LogP contribution in [0.4, 0.5) is 5.69 Å². The van der Waals surface area contributed by atoms with Gasteiger partial charge in [-0.2, -0.15) is 0 Å². The minimum Gasteiger partial charge on any atom is -0.384 e. The second-order valence-electron chi connectivity index (χ2n) is 3.33. The number of halogens is 1. The average molecular weight is 213 g/mol. The van der Waals surface area contributed by atoms with Crippen LogP contribution in [0.5, 0.6) is 0 Å². The lowest BCUT2D eigenvalue weighted by Gasteiger charge is -2.14. The first-order valence-electron chi connectivity index (χ1n) is 4.90. The van der Waals surface area contributed by atoms with Gasteiger partial charge in [-0.3, -0.25) is 0 Å². The molecule has 14 heavy (non-hydrogen) atoms. The van der Waals surface area contributed by atoms with Crippen molar-refractivity contribution < 1.29 is 0 Å². The molecule has 0 bridgehead atoms. The van der Waals surface area contributed by atoms with Gasteiger partial charge in [-0.15, -0.1) is 0 Å². The van der Waals surface area contributed by atoms with E-state index in [0.717, 1.165) is 30.3 Å². The zero-order chi connectivity index (χ0) is 10.4. The van der Waals surface area contributed by atoms with Gasteiger partial charge in [0.15, 0.2) is 0 Å². The third-order valence-corrected chi connectivity index (χ3v) is 2.46. The van der Waals surface area contributed by atoms with Crippen molar-refractivity contribution in [2.75, 3.05) is 32.0 Å². The summed E-state index contributed by atoms with van der Waals surface area (Å²) in [5, 5.41) is 4.12. The maximum atomic E-state index is 5.78. The third kappa shape index (κ3) is 3.99.